The van der Waals surface area contributed by atoms with E-state index in [9.17, 15) is 9.18 Å². The smallest absolute Gasteiger partial charge is 0.235 e. The van der Waals surface area contributed by atoms with E-state index in [4.69, 9.17) is 18.6 Å². The van der Waals surface area contributed by atoms with Crippen molar-refractivity contribution >= 4 is 11.0 Å². The zero-order chi connectivity index (χ0) is 23.7. The quantitative estimate of drug-likeness (QED) is 0.381. The number of hydrogen-bond donors (Lipinski definition) is 0. The Balaban J connectivity index is 1.41. The maximum atomic E-state index is 13.3. The molecule has 0 amide bonds. The topological polar surface area (TPSA) is 61.1 Å². The summed E-state index contributed by atoms with van der Waals surface area (Å²) < 4.78 is 36.3. The number of fused-ring (bicyclic) bond motifs is 3. The lowest BCUT2D eigenvalue weighted by Crippen LogP contribution is -2.33. The largest absolute Gasteiger partial charge is 0.497 e. The van der Waals surface area contributed by atoms with Gasteiger partial charge in [0.2, 0.25) is 11.2 Å². The third-order valence-electron chi connectivity index (χ3n) is 5.94. The molecule has 7 heteroatoms. The van der Waals surface area contributed by atoms with E-state index >= 15 is 0 Å². The van der Waals surface area contributed by atoms with Crippen molar-refractivity contribution in [1.29, 1.82) is 0 Å². The molecule has 5 rings (SSSR count). The zero-order valence-electron chi connectivity index (χ0n) is 19.0. The van der Waals surface area contributed by atoms with Crippen molar-refractivity contribution < 1.29 is 23.0 Å². The molecule has 0 bridgehead atoms. The fourth-order valence-electron chi connectivity index (χ4n) is 4.06. The summed E-state index contributed by atoms with van der Waals surface area (Å²) in [5, 5.41) is 0.442. The second-order valence-electron chi connectivity index (χ2n) is 8.22. The standard InChI is InChI=1S/C27H24FNO5/c1-17-26(34-21-9-7-20(31-2)8-10-21)25(30)22-11-12-24-23(27(22)33-17)15-29(16-32-24)14-13-18-3-5-19(28)6-4-18/h3-12H,13-16H2,1-2H3. The minimum atomic E-state index is -0.244. The van der Waals surface area contributed by atoms with Crippen molar-refractivity contribution in [2.24, 2.45) is 0 Å². The molecule has 34 heavy (non-hydrogen) atoms. The van der Waals surface area contributed by atoms with Crippen molar-refractivity contribution in [3.05, 3.63) is 93.6 Å². The van der Waals surface area contributed by atoms with Crippen LogP contribution >= 0.6 is 0 Å². The lowest BCUT2D eigenvalue weighted by atomic mass is 10.1. The Kier molecular flexibility index (Phi) is 5.94. The molecule has 0 spiro atoms. The number of aryl methyl sites for hydroxylation is 1. The van der Waals surface area contributed by atoms with E-state index in [2.05, 4.69) is 4.90 Å². The van der Waals surface area contributed by atoms with Crippen molar-refractivity contribution in [3.63, 3.8) is 0 Å². The fraction of sp³-hybridized carbons (Fsp3) is 0.222. The third-order valence-corrected chi connectivity index (χ3v) is 5.94. The summed E-state index contributed by atoms with van der Waals surface area (Å²) in [5.41, 5.74) is 2.15. The Labute approximate surface area is 196 Å². The summed E-state index contributed by atoms with van der Waals surface area (Å²) in [4.78, 5) is 15.4. The molecule has 1 aromatic heterocycles. The highest BCUT2D eigenvalue weighted by atomic mass is 19.1. The molecule has 3 aromatic carbocycles. The van der Waals surface area contributed by atoms with Gasteiger partial charge in [-0.25, -0.2) is 4.39 Å². The van der Waals surface area contributed by atoms with Gasteiger partial charge in [0.05, 0.1) is 18.1 Å². The molecule has 0 unspecified atom stereocenters. The van der Waals surface area contributed by atoms with Gasteiger partial charge in [-0.2, -0.15) is 0 Å². The first-order valence-corrected chi connectivity index (χ1v) is 11.0. The second kappa shape index (κ2) is 9.19. The maximum Gasteiger partial charge on any atom is 0.235 e. The normalized spacial score (nSPS) is 13.4. The highest BCUT2D eigenvalue weighted by molar-refractivity contribution is 5.83. The first-order valence-electron chi connectivity index (χ1n) is 11.0. The molecule has 0 saturated heterocycles. The average Bonchev–Trinajstić information content (AvgIpc) is 2.86. The number of hydrogen-bond acceptors (Lipinski definition) is 6. The summed E-state index contributed by atoms with van der Waals surface area (Å²) in [6, 6.07) is 17.0. The van der Waals surface area contributed by atoms with Gasteiger partial charge in [-0.3, -0.25) is 9.69 Å². The van der Waals surface area contributed by atoms with E-state index in [0.29, 0.717) is 47.3 Å². The van der Waals surface area contributed by atoms with Crippen LogP contribution in [0, 0.1) is 12.7 Å². The van der Waals surface area contributed by atoms with Crippen LogP contribution in [0.2, 0.25) is 0 Å². The maximum absolute atomic E-state index is 13.3. The van der Waals surface area contributed by atoms with Crippen LogP contribution in [0.1, 0.15) is 16.9 Å². The molecule has 174 valence electrons. The summed E-state index contributed by atoms with van der Waals surface area (Å²) in [5.74, 6) is 2.23. The Hall–Kier alpha value is -3.84. The number of nitrogens with zero attached hydrogens (tertiary/aromatic N) is 1. The first kappa shape index (κ1) is 22.0. The van der Waals surface area contributed by atoms with Gasteiger partial charge in [0.1, 0.15) is 41.1 Å². The molecule has 4 aromatic rings. The van der Waals surface area contributed by atoms with E-state index in [1.807, 2.05) is 0 Å². The van der Waals surface area contributed by atoms with Crippen LogP contribution in [0.5, 0.6) is 23.0 Å². The average molecular weight is 461 g/mol. The summed E-state index contributed by atoms with van der Waals surface area (Å²) in [7, 11) is 1.59. The van der Waals surface area contributed by atoms with Gasteiger partial charge < -0.3 is 18.6 Å². The van der Waals surface area contributed by atoms with Crippen LogP contribution in [-0.4, -0.2) is 25.3 Å². The molecule has 0 fully saturated rings. The predicted molar refractivity (Wildman–Crippen MR) is 126 cm³/mol. The van der Waals surface area contributed by atoms with Gasteiger partial charge in [-0.05, 0) is 67.4 Å². The molecule has 0 N–H and O–H groups in total. The Bertz CT molecular complexity index is 1380. The van der Waals surface area contributed by atoms with Crippen LogP contribution in [0.4, 0.5) is 4.39 Å². The van der Waals surface area contributed by atoms with Crippen molar-refractivity contribution in [1.82, 2.24) is 4.90 Å². The number of rotatable bonds is 6. The van der Waals surface area contributed by atoms with E-state index in [0.717, 1.165) is 24.1 Å². The summed E-state index contributed by atoms with van der Waals surface area (Å²) in [6.45, 7) is 3.45. The third kappa shape index (κ3) is 4.34. The molecular formula is C27H24FNO5. The molecule has 0 saturated carbocycles. The van der Waals surface area contributed by atoms with Gasteiger partial charge in [0.25, 0.3) is 0 Å². The highest BCUT2D eigenvalue weighted by Crippen LogP contribution is 2.34. The molecule has 0 radical (unpaired) electrons. The molecule has 2 heterocycles. The number of methoxy groups -OCH3 is 1. The monoisotopic (exact) mass is 461 g/mol. The zero-order valence-corrected chi connectivity index (χ0v) is 19.0. The van der Waals surface area contributed by atoms with Crippen LogP contribution in [-0.2, 0) is 13.0 Å². The summed E-state index contributed by atoms with van der Waals surface area (Å²) >= 11 is 0. The number of benzene rings is 3. The van der Waals surface area contributed by atoms with Gasteiger partial charge in [-0.15, -0.1) is 0 Å². The molecule has 1 aliphatic heterocycles. The van der Waals surface area contributed by atoms with Gasteiger partial charge in [0, 0.05) is 13.1 Å². The number of ether oxygens (including phenoxy) is 3. The van der Waals surface area contributed by atoms with E-state index in [-0.39, 0.29) is 17.0 Å². The molecule has 0 aliphatic carbocycles. The Morgan fingerprint density at radius 1 is 1.00 bits per heavy atom. The highest BCUT2D eigenvalue weighted by Gasteiger charge is 2.24. The predicted octanol–water partition coefficient (Wildman–Crippen LogP) is 5.44. The Morgan fingerprint density at radius 2 is 1.74 bits per heavy atom. The minimum Gasteiger partial charge on any atom is -0.497 e. The molecular weight excluding hydrogens is 437 g/mol. The van der Waals surface area contributed by atoms with Crippen LogP contribution in [0.25, 0.3) is 11.0 Å². The number of halogens is 1. The molecule has 6 nitrogen and oxygen atoms in total. The van der Waals surface area contributed by atoms with Gasteiger partial charge >= 0.3 is 0 Å². The minimum absolute atomic E-state index is 0.155. The molecule has 1 aliphatic rings. The van der Waals surface area contributed by atoms with Crippen LogP contribution in [0.3, 0.4) is 0 Å². The van der Waals surface area contributed by atoms with Gasteiger partial charge in [-0.1, -0.05) is 12.1 Å². The van der Waals surface area contributed by atoms with Crippen LogP contribution in [0.15, 0.2) is 69.9 Å². The second-order valence-corrected chi connectivity index (χ2v) is 8.22. The van der Waals surface area contributed by atoms with Crippen molar-refractivity contribution in [2.75, 3.05) is 20.4 Å². The van der Waals surface area contributed by atoms with Crippen molar-refractivity contribution in [2.45, 2.75) is 19.9 Å². The van der Waals surface area contributed by atoms with Crippen LogP contribution < -0.4 is 19.6 Å². The SMILES string of the molecule is COc1ccc(Oc2c(C)oc3c4c(ccc3c2=O)OCN(CCc2ccc(F)cc2)C4)cc1. The lowest BCUT2D eigenvalue weighted by molar-refractivity contribution is 0.0967. The van der Waals surface area contributed by atoms with Gasteiger partial charge in [0.15, 0.2) is 0 Å². The first-order chi connectivity index (χ1) is 16.5. The Morgan fingerprint density at radius 3 is 2.47 bits per heavy atom. The van der Waals surface area contributed by atoms with E-state index < -0.39 is 0 Å². The molecule has 0 atom stereocenters. The lowest BCUT2D eigenvalue weighted by Gasteiger charge is -2.29. The van der Waals surface area contributed by atoms with E-state index in [1.165, 1.54) is 12.1 Å². The van der Waals surface area contributed by atoms with Crippen molar-refractivity contribution in [3.8, 4) is 23.0 Å². The fourth-order valence-corrected chi connectivity index (χ4v) is 4.06. The summed E-state index contributed by atoms with van der Waals surface area (Å²) in [6.07, 6.45) is 0.757. The van der Waals surface area contributed by atoms with E-state index in [1.54, 1.807) is 62.6 Å².